The number of ether oxygens (including phenoxy) is 4. The second-order valence-corrected chi connectivity index (χ2v) is 11.6. The van der Waals surface area contributed by atoms with Crippen molar-refractivity contribution in [1.29, 1.82) is 0 Å². The van der Waals surface area contributed by atoms with E-state index in [9.17, 15) is 14.7 Å². The molecule has 4 aliphatic carbocycles. The van der Waals surface area contributed by atoms with Gasteiger partial charge < -0.3 is 24.1 Å². The molecule has 1 heterocycles. The fourth-order valence-electron chi connectivity index (χ4n) is 8.22. The van der Waals surface area contributed by atoms with Gasteiger partial charge in [-0.25, -0.2) is 8.78 Å². The van der Waals surface area contributed by atoms with E-state index in [1.807, 2.05) is 0 Å². The van der Waals surface area contributed by atoms with Gasteiger partial charge in [0.05, 0.1) is 12.2 Å². The molecule has 5 aliphatic rings. The average Bonchev–Trinajstić information content (AvgIpc) is 3.18. The molecule has 194 valence electrons. The summed E-state index contributed by atoms with van der Waals surface area (Å²) in [6, 6.07) is 0. The van der Waals surface area contributed by atoms with E-state index >= 15 is 8.78 Å². The van der Waals surface area contributed by atoms with Crippen LogP contribution in [0.1, 0.15) is 47.0 Å². The van der Waals surface area contributed by atoms with Gasteiger partial charge in [0.1, 0.15) is 6.17 Å². The molecule has 1 aliphatic heterocycles. The maximum atomic E-state index is 17.3. The van der Waals surface area contributed by atoms with Crippen LogP contribution in [0.25, 0.3) is 0 Å². The predicted octanol–water partition coefficient (Wildman–Crippen LogP) is 2.99. The van der Waals surface area contributed by atoms with Gasteiger partial charge in [-0.05, 0) is 63.7 Å². The monoisotopic (exact) mass is 496 g/mol. The Morgan fingerprint density at radius 1 is 1.17 bits per heavy atom. The lowest BCUT2D eigenvalue weighted by Gasteiger charge is -2.63. The summed E-state index contributed by atoms with van der Waals surface area (Å²) in [4.78, 5) is 25.9. The third-order valence-electron chi connectivity index (χ3n) is 9.63. The Morgan fingerprint density at radius 2 is 1.83 bits per heavy atom. The number of ketones is 2. The molecular formula is C26H34F2O7. The number of hydrogen-bond donors (Lipinski definition) is 1. The molecule has 7 nitrogen and oxygen atoms in total. The standard InChI is InChI=1S/C26H34F2O7/c1-22(2)34-19-11-14-15-10-17(27)16-9-13(29)7-8-23(16,3)25(15,28)18(30)12-24(14,4)26(19,35-22)20(31)21(32-5)33-6/h7-9,14-15,17-19,21,30H,10-12H2,1-6H3/t14?,15?,17-,18?,19+,23?,24?,25-,26-/m0/s1. The van der Waals surface area contributed by atoms with Crippen LogP contribution in [0.3, 0.4) is 0 Å². The summed E-state index contributed by atoms with van der Waals surface area (Å²) in [5.74, 6) is -3.49. The van der Waals surface area contributed by atoms with Crippen LogP contribution in [0.4, 0.5) is 8.78 Å². The molecule has 0 bridgehead atoms. The van der Waals surface area contributed by atoms with Crippen LogP contribution in [0.2, 0.25) is 0 Å². The third kappa shape index (κ3) is 2.87. The first kappa shape index (κ1) is 25.1. The third-order valence-corrected chi connectivity index (χ3v) is 9.63. The molecule has 5 unspecified atom stereocenters. The Kier molecular flexibility index (Phi) is 5.39. The number of carbonyl (C=O) groups is 2. The number of aliphatic hydroxyl groups excluding tert-OH is 1. The Bertz CT molecular complexity index is 1020. The van der Waals surface area contributed by atoms with Crippen LogP contribution < -0.4 is 0 Å². The van der Waals surface area contributed by atoms with Crippen molar-refractivity contribution in [2.75, 3.05) is 14.2 Å². The van der Waals surface area contributed by atoms with E-state index in [-0.39, 0.29) is 24.8 Å². The minimum Gasteiger partial charge on any atom is -0.390 e. The zero-order valence-corrected chi connectivity index (χ0v) is 21.0. The molecule has 0 amide bonds. The Balaban J connectivity index is 1.66. The minimum absolute atomic E-state index is 0.0582. The molecule has 0 radical (unpaired) electrons. The van der Waals surface area contributed by atoms with Crippen molar-refractivity contribution in [2.45, 2.75) is 88.7 Å². The quantitative estimate of drug-likeness (QED) is 0.599. The number of allylic oxidation sites excluding steroid dienone is 4. The molecule has 5 rings (SSSR count). The normalized spacial score (nSPS) is 49.8. The highest BCUT2D eigenvalue weighted by Gasteiger charge is 2.81. The van der Waals surface area contributed by atoms with E-state index < -0.39 is 76.0 Å². The second-order valence-electron chi connectivity index (χ2n) is 11.6. The Morgan fingerprint density at radius 3 is 2.46 bits per heavy atom. The lowest BCUT2D eigenvalue weighted by Crippen LogP contribution is -2.71. The lowest BCUT2D eigenvalue weighted by molar-refractivity contribution is -0.254. The maximum Gasteiger partial charge on any atom is 0.223 e. The molecule has 1 N–H and O–H groups in total. The van der Waals surface area contributed by atoms with Crippen molar-refractivity contribution in [3.05, 3.63) is 23.8 Å². The largest absolute Gasteiger partial charge is 0.390 e. The second kappa shape index (κ2) is 7.51. The number of aliphatic hydroxyl groups is 1. The van der Waals surface area contributed by atoms with Gasteiger partial charge >= 0.3 is 0 Å². The zero-order chi connectivity index (χ0) is 25.8. The number of fused-ring (bicyclic) bond motifs is 7. The van der Waals surface area contributed by atoms with E-state index in [0.29, 0.717) is 0 Å². The minimum atomic E-state index is -2.25. The highest BCUT2D eigenvalue weighted by molar-refractivity contribution is 6.01. The molecule has 9 atom stereocenters. The fraction of sp³-hybridized carbons (Fsp3) is 0.769. The van der Waals surface area contributed by atoms with Crippen molar-refractivity contribution in [1.82, 2.24) is 0 Å². The van der Waals surface area contributed by atoms with Crippen LogP contribution in [-0.2, 0) is 28.5 Å². The summed E-state index contributed by atoms with van der Waals surface area (Å²) in [6.07, 6.45) is -1.40. The predicted molar refractivity (Wildman–Crippen MR) is 120 cm³/mol. The smallest absolute Gasteiger partial charge is 0.223 e. The van der Waals surface area contributed by atoms with Crippen LogP contribution >= 0.6 is 0 Å². The number of Topliss-reactive ketones (excluding diaryl/α,β-unsaturated/α-hetero) is 1. The highest BCUT2D eigenvalue weighted by atomic mass is 19.1. The summed E-state index contributed by atoms with van der Waals surface area (Å²) in [5.41, 5.74) is -6.36. The van der Waals surface area contributed by atoms with Gasteiger partial charge in [-0.15, -0.1) is 0 Å². The number of halogens is 2. The summed E-state index contributed by atoms with van der Waals surface area (Å²) in [7, 11) is 2.69. The van der Waals surface area contributed by atoms with Crippen LogP contribution in [0.15, 0.2) is 23.8 Å². The van der Waals surface area contributed by atoms with Crippen LogP contribution in [0, 0.1) is 22.7 Å². The Labute approximate surface area is 203 Å². The SMILES string of the molecule is COC(OC)C(=O)[C@@]12OC(C)(C)O[C@@H]1CC1C3C[C@H](F)C4=CC(=O)C=CC4(C)[C@@]3(F)C(O)CC12C. The number of carbonyl (C=O) groups excluding carboxylic acids is 2. The van der Waals surface area contributed by atoms with Crippen LogP contribution in [0.5, 0.6) is 0 Å². The summed E-state index contributed by atoms with van der Waals surface area (Å²) in [6.45, 7) is 6.75. The number of methoxy groups -OCH3 is 2. The Hall–Kier alpha value is -1.52. The number of alkyl halides is 2. The van der Waals surface area contributed by atoms with Gasteiger partial charge in [-0.1, -0.05) is 13.0 Å². The van der Waals surface area contributed by atoms with Crippen molar-refractivity contribution in [3.63, 3.8) is 0 Å². The van der Waals surface area contributed by atoms with Crippen LogP contribution in [-0.4, -0.2) is 72.6 Å². The topological polar surface area (TPSA) is 91.3 Å². The van der Waals surface area contributed by atoms with Gasteiger partial charge in [0, 0.05) is 31.0 Å². The zero-order valence-electron chi connectivity index (χ0n) is 21.0. The maximum absolute atomic E-state index is 17.3. The molecule has 0 spiro atoms. The van der Waals surface area contributed by atoms with E-state index in [4.69, 9.17) is 18.9 Å². The van der Waals surface area contributed by atoms with Crippen molar-refractivity contribution >= 4 is 11.6 Å². The van der Waals surface area contributed by atoms with Gasteiger partial charge in [-0.3, -0.25) is 9.59 Å². The number of rotatable bonds is 4. The van der Waals surface area contributed by atoms with Gasteiger partial charge in [0.15, 0.2) is 22.8 Å². The van der Waals surface area contributed by atoms with Crippen molar-refractivity contribution < 1.29 is 42.4 Å². The molecule has 35 heavy (non-hydrogen) atoms. The summed E-state index contributed by atoms with van der Waals surface area (Å²) < 4.78 is 56.1. The molecule has 3 saturated carbocycles. The summed E-state index contributed by atoms with van der Waals surface area (Å²) in [5, 5.41) is 11.5. The van der Waals surface area contributed by atoms with Gasteiger partial charge in [-0.2, -0.15) is 0 Å². The molecule has 0 aromatic rings. The first-order chi connectivity index (χ1) is 16.2. The first-order valence-electron chi connectivity index (χ1n) is 12.2. The molecule has 1 saturated heterocycles. The number of hydrogen-bond acceptors (Lipinski definition) is 7. The van der Waals surface area contributed by atoms with Gasteiger partial charge in [0.25, 0.3) is 0 Å². The van der Waals surface area contributed by atoms with E-state index in [2.05, 4.69) is 0 Å². The fourth-order valence-corrected chi connectivity index (χ4v) is 8.22. The first-order valence-corrected chi connectivity index (χ1v) is 12.2. The molecule has 4 fully saturated rings. The van der Waals surface area contributed by atoms with Gasteiger partial charge in [0.2, 0.25) is 12.1 Å². The molecule has 0 aromatic carbocycles. The molecular weight excluding hydrogens is 462 g/mol. The van der Waals surface area contributed by atoms with E-state index in [0.717, 1.165) is 6.08 Å². The lowest BCUT2D eigenvalue weighted by atomic mass is 9.44. The van der Waals surface area contributed by atoms with E-state index in [1.165, 1.54) is 26.4 Å². The molecule has 9 heteroatoms. The van der Waals surface area contributed by atoms with Crippen molar-refractivity contribution in [2.24, 2.45) is 22.7 Å². The summed E-state index contributed by atoms with van der Waals surface area (Å²) >= 11 is 0. The van der Waals surface area contributed by atoms with E-state index in [1.54, 1.807) is 27.7 Å². The van der Waals surface area contributed by atoms with Crippen molar-refractivity contribution in [3.8, 4) is 0 Å². The highest BCUT2D eigenvalue weighted by Crippen LogP contribution is 2.72. The molecule has 0 aromatic heterocycles. The average molecular weight is 497 g/mol.